The summed E-state index contributed by atoms with van der Waals surface area (Å²) in [5.41, 5.74) is 4.13. The fourth-order valence-corrected chi connectivity index (χ4v) is 4.78. The lowest BCUT2D eigenvalue weighted by Gasteiger charge is -2.19. The standard InChI is InChI=1S/C28H20ClN7O3/c29-20-7-9-24(36-16-30-33-34-36)21(15-20)18-10-11-35(26(37)14-18)25(12-17-4-2-1-3-5-17)27-31-22-8-6-19(28(38)39)13-23(22)32-27/h1-11,13-16,25H,12H2,(H,31,32)(H,38,39)/t25-/m0/s1. The molecule has 0 fully saturated rings. The van der Waals surface area contributed by atoms with E-state index in [4.69, 9.17) is 11.6 Å². The molecule has 0 unspecified atom stereocenters. The van der Waals surface area contributed by atoms with E-state index in [0.29, 0.717) is 45.1 Å². The summed E-state index contributed by atoms with van der Waals surface area (Å²) in [5.74, 6) is -0.487. The summed E-state index contributed by atoms with van der Waals surface area (Å²) in [7, 11) is 0. The second-order valence-corrected chi connectivity index (χ2v) is 9.38. The number of aromatic nitrogens is 7. The van der Waals surface area contributed by atoms with E-state index in [0.717, 1.165) is 5.56 Å². The number of aromatic amines is 1. The van der Waals surface area contributed by atoms with Gasteiger partial charge in [-0.2, -0.15) is 4.68 Å². The third kappa shape index (κ3) is 4.80. The van der Waals surface area contributed by atoms with E-state index < -0.39 is 12.0 Å². The maximum atomic E-state index is 13.6. The summed E-state index contributed by atoms with van der Waals surface area (Å²) in [6, 6.07) is 22.7. The Labute approximate surface area is 226 Å². The van der Waals surface area contributed by atoms with Crippen LogP contribution >= 0.6 is 11.6 Å². The number of rotatable bonds is 7. The van der Waals surface area contributed by atoms with Gasteiger partial charge in [-0.1, -0.05) is 41.9 Å². The van der Waals surface area contributed by atoms with Gasteiger partial charge in [-0.05, 0) is 64.0 Å². The monoisotopic (exact) mass is 537 g/mol. The number of nitrogens with zero attached hydrogens (tertiary/aromatic N) is 6. The van der Waals surface area contributed by atoms with Gasteiger partial charge in [0.25, 0.3) is 5.56 Å². The number of hydrogen-bond donors (Lipinski definition) is 2. The van der Waals surface area contributed by atoms with Crippen molar-refractivity contribution >= 4 is 28.6 Å². The molecule has 6 aromatic rings. The topological polar surface area (TPSA) is 132 Å². The van der Waals surface area contributed by atoms with Crippen molar-refractivity contribution in [1.82, 2.24) is 34.7 Å². The number of carboxylic acid groups (broad SMARTS) is 1. The van der Waals surface area contributed by atoms with E-state index in [1.807, 2.05) is 36.4 Å². The van der Waals surface area contributed by atoms with Gasteiger partial charge in [0.2, 0.25) is 0 Å². The molecule has 0 aliphatic rings. The van der Waals surface area contributed by atoms with Crippen molar-refractivity contribution in [3.05, 3.63) is 124 Å². The van der Waals surface area contributed by atoms with Crippen LogP contribution in [0.5, 0.6) is 0 Å². The van der Waals surface area contributed by atoms with E-state index in [-0.39, 0.29) is 11.1 Å². The fourth-order valence-electron chi connectivity index (χ4n) is 4.61. The Morgan fingerprint density at radius 3 is 2.62 bits per heavy atom. The zero-order valence-electron chi connectivity index (χ0n) is 20.3. The minimum absolute atomic E-state index is 0.140. The van der Waals surface area contributed by atoms with E-state index >= 15 is 0 Å². The van der Waals surface area contributed by atoms with E-state index in [2.05, 4.69) is 25.5 Å². The number of pyridine rings is 1. The molecule has 192 valence electrons. The lowest BCUT2D eigenvalue weighted by atomic mass is 10.0. The first-order valence-corrected chi connectivity index (χ1v) is 12.4. The lowest BCUT2D eigenvalue weighted by molar-refractivity contribution is 0.0697. The first-order chi connectivity index (χ1) is 19.0. The fraction of sp³-hybridized carbons (Fsp3) is 0.0714. The molecule has 11 heteroatoms. The lowest BCUT2D eigenvalue weighted by Crippen LogP contribution is -2.27. The molecule has 0 aliphatic heterocycles. The number of nitrogens with one attached hydrogen (secondary N) is 1. The zero-order chi connectivity index (χ0) is 26.9. The van der Waals surface area contributed by atoms with Crippen LogP contribution in [0.3, 0.4) is 0 Å². The molecule has 2 N–H and O–H groups in total. The minimum atomic E-state index is -1.03. The van der Waals surface area contributed by atoms with Crippen LogP contribution < -0.4 is 5.56 Å². The van der Waals surface area contributed by atoms with Crippen molar-refractivity contribution in [3.63, 3.8) is 0 Å². The Morgan fingerprint density at radius 2 is 1.87 bits per heavy atom. The normalized spacial score (nSPS) is 12.0. The maximum Gasteiger partial charge on any atom is 0.335 e. The van der Waals surface area contributed by atoms with E-state index in [9.17, 15) is 14.7 Å². The molecule has 39 heavy (non-hydrogen) atoms. The van der Waals surface area contributed by atoms with Gasteiger partial charge < -0.3 is 14.7 Å². The molecule has 6 rings (SSSR count). The molecule has 0 bridgehead atoms. The van der Waals surface area contributed by atoms with Crippen molar-refractivity contribution in [2.75, 3.05) is 0 Å². The van der Waals surface area contributed by atoms with Crippen LogP contribution in [0.25, 0.3) is 27.8 Å². The van der Waals surface area contributed by atoms with Gasteiger partial charge in [-0.25, -0.2) is 9.78 Å². The highest BCUT2D eigenvalue weighted by Gasteiger charge is 2.21. The Hall–Kier alpha value is -5.09. The number of aromatic carboxylic acids is 1. The highest BCUT2D eigenvalue weighted by molar-refractivity contribution is 6.31. The van der Waals surface area contributed by atoms with Crippen LogP contribution in [-0.4, -0.2) is 45.8 Å². The van der Waals surface area contributed by atoms with Crippen LogP contribution in [0.15, 0.2) is 96.2 Å². The molecule has 3 aromatic heterocycles. The largest absolute Gasteiger partial charge is 0.478 e. The first-order valence-electron chi connectivity index (χ1n) is 12.0. The summed E-state index contributed by atoms with van der Waals surface area (Å²) in [6.45, 7) is 0. The number of tetrazole rings is 1. The molecule has 0 saturated heterocycles. The molecule has 0 spiro atoms. The van der Waals surface area contributed by atoms with E-state index in [1.54, 1.807) is 41.1 Å². The van der Waals surface area contributed by atoms with Gasteiger partial charge >= 0.3 is 5.97 Å². The van der Waals surface area contributed by atoms with Crippen LogP contribution in [-0.2, 0) is 6.42 Å². The molecular weight excluding hydrogens is 518 g/mol. The predicted molar refractivity (Wildman–Crippen MR) is 145 cm³/mol. The minimum Gasteiger partial charge on any atom is -0.478 e. The van der Waals surface area contributed by atoms with Gasteiger partial charge in [0.05, 0.1) is 28.3 Å². The average molecular weight is 538 g/mol. The Bertz CT molecular complexity index is 1860. The van der Waals surface area contributed by atoms with Crippen molar-refractivity contribution in [2.45, 2.75) is 12.5 Å². The summed E-state index contributed by atoms with van der Waals surface area (Å²) in [4.78, 5) is 33.1. The average Bonchev–Trinajstić information content (AvgIpc) is 3.62. The number of carbonyl (C=O) groups is 1. The number of imidazole rings is 1. The van der Waals surface area contributed by atoms with Crippen molar-refractivity contribution < 1.29 is 9.90 Å². The van der Waals surface area contributed by atoms with E-state index in [1.165, 1.54) is 23.1 Å². The summed E-state index contributed by atoms with van der Waals surface area (Å²) >= 11 is 6.30. The van der Waals surface area contributed by atoms with Crippen LogP contribution in [0, 0.1) is 0 Å². The molecule has 0 radical (unpaired) electrons. The van der Waals surface area contributed by atoms with Gasteiger partial charge in [0.1, 0.15) is 12.2 Å². The number of benzene rings is 3. The SMILES string of the molecule is O=C(O)c1ccc2[nH]c([C@H](Cc3ccccc3)n3ccc(-c4cc(Cl)ccc4-n4cnnn4)cc3=O)nc2c1. The summed E-state index contributed by atoms with van der Waals surface area (Å²) in [5, 5.41) is 21.3. The number of hydrogen-bond acceptors (Lipinski definition) is 6. The quantitative estimate of drug-likeness (QED) is 0.305. The molecule has 0 saturated carbocycles. The summed E-state index contributed by atoms with van der Waals surface area (Å²) in [6.07, 6.45) is 3.69. The molecule has 3 aromatic carbocycles. The molecule has 3 heterocycles. The van der Waals surface area contributed by atoms with Crippen molar-refractivity contribution in [1.29, 1.82) is 0 Å². The molecule has 1 atom stereocenters. The van der Waals surface area contributed by atoms with Gasteiger partial charge in [-0.3, -0.25) is 4.79 Å². The van der Waals surface area contributed by atoms with Crippen molar-refractivity contribution in [3.8, 4) is 16.8 Å². The van der Waals surface area contributed by atoms with Gasteiger partial charge in [0, 0.05) is 29.3 Å². The molecule has 0 aliphatic carbocycles. The Morgan fingerprint density at radius 1 is 1.03 bits per heavy atom. The first kappa shape index (κ1) is 24.3. The number of halogens is 1. The van der Waals surface area contributed by atoms with Crippen LogP contribution in [0.4, 0.5) is 0 Å². The smallest absolute Gasteiger partial charge is 0.335 e. The molecule has 10 nitrogen and oxygen atoms in total. The highest BCUT2D eigenvalue weighted by atomic mass is 35.5. The Kier molecular flexibility index (Phi) is 6.22. The Balaban J connectivity index is 1.45. The highest BCUT2D eigenvalue weighted by Crippen LogP contribution is 2.30. The predicted octanol–water partition coefficient (Wildman–Crippen LogP) is 4.55. The number of carboxylic acids is 1. The van der Waals surface area contributed by atoms with Gasteiger partial charge in [-0.15, -0.1) is 5.10 Å². The zero-order valence-corrected chi connectivity index (χ0v) is 21.0. The van der Waals surface area contributed by atoms with Crippen molar-refractivity contribution in [2.24, 2.45) is 0 Å². The second kappa shape index (κ2) is 9.99. The van der Waals surface area contributed by atoms with Crippen LogP contribution in [0.2, 0.25) is 5.02 Å². The molecule has 0 amide bonds. The third-order valence-corrected chi connectivity index (χ3v) is 6.72. The van der Waals surface area contributed by atoms with Crippen LogP contribution in [0.1, 0.15) is 27.8 Å². The summed E-state index contributed by atoms with van der Waals surface area (Å²) < 4.78 is 3.13. The maximum absolute atomic E-state index is 13.6. The number of fused-ring (bicyclic) bond motifs is 1. The third-order valence-electron chi connectivity index (χ3n) is 6.49. The second-order valence-electron chi connectivity index (χ2n) is 8.94. The van der Waals surface area contributed by atoms with Gasteiger partial charge in [0.15, 0.2) is 0 Å². The molecular formula is C28H20ClN7O3. The number of H-pyrrole nitrogens is 1.